The van der Waals surface area contributed by atoms with E-state index in [0.29, 0.717) is 10.2 Å². The number of benzene rings is 2. The van der Waals surface area contributed by atoms with Crippen molar-refractivity contribution < 1.29 is 19.5 Å². The number of hydrogen-bond acceptors (Lipinski definition) is 5. The Hall–Kier alpha value is -3.20. The first-order chi connectivity index (χ1) is 15.8. The third-order valence-electron chi connectivity index (χ3n) is 6.09. The van der Waals surface area contributed by atoms with Crippen molar-refractivity contribution in [1.82, 2.24) is 10.3 Å². The van der Waals surface area contributed by atoms with Gasteiger partial charge in [-0.25, -0.2) is 5.43 Å². The number of aromatic hydroxyl groups is 1. The lowest BCUT2D eigenvalue weighted by Gasteiger charge is -2.30. The number of carbonyl (C=O) groups excluding carboxylic acids is 3. The van der Waals surface area contributed by atoms with E-state index in [1.165, 1.54) is 12.1 Å². The van der Waals surface area contributed by atoms with E-state index in [2.05, 4.69) is 31.8 Å². The summed E-state index contributed by atoms with van der Waals surface area (Å²) in [6.07, 6.45) is 3.48. The van der Waals surface area contributed by atoms with Crippen molar-refractivity contribution >= 4 is 45.1 Å². The second-order valence-corrected chi connectivity index (χ2v) is 9.32. The van der Waals surface area contributed by atoms with E-state index >= 15 is 0 Å². The largest absolute Gasteiger partial charge is 0.507 e. The molecular weight excluding hydrogens is 488 g/mol. The number of rotatable bonds is 5. The third kappa shape index (κ3) is 5.08. The molecule has 2 aromatic carbocycles. The number of anilines is 1. The van der Waals surface area contributed by atoms with Gasteiger partial charge in [0.15, 0.2) is 0 Å². The Morgan fingerprint density at radius 1 is 1.15 bits per heavy atom. The van der Waals surface area contributed by atoms with Gasteiger partial charge in [0.1, 0.15) is 18.0 Å². The minimum atomic E-state index is -0.614. The molecule has 2 aromatic rings. The summed E-state index contributed by atoms with van der Waals surface area (Å²) >= 11 is 3.27. The van der Waals surface area contributed by atoms with Crippen molar-refractivity contribution in [2.75, 3.05) is 11.9 Å². The summed E-state index contributed by atoms with van der Waals surface area (Å²) < 4.78 is 0.633. The number of phenolic OH excluding ortho intramolecular Hbond substituents is 1. The standard InChI is InChI=1S/C24H25BrN4O4/c1-14-6-9-16(10-7-14)26-21(31)13-29-19-5-3-2-4-17(19)22(24(29)33)27-28-23(32)18-12-15(25)8-11-20(18)30/h6-12,17,19,30H,2-5,13H2,1H3,(H,26,31)(H,28,32)/b27-22-. The zero-order valence-electron chi connectivity index (χ0n) is 18.2. The molecule has 8 nitrogen and oxygen atoms in total. The van der Waals surface area contributed by atoms with Crippen LogP contribution in [0.2, 0.25) is 0 Å². The maximum absolute atomic E-state index is 13.2. The van der Waals surface area contributed by atoms with Gasteiger partial charge in [0.2, 0.25) is 5.91 Å². The quantitative estimate of drug-likeness (QED) is 0.531. The molecule has 3 N–H and O–H groups in total. The first-order valence-electron chi connectivity index (χ1n) is 10.9. The minimum absolute atomic E-state index is 0.0497. The minimum Gasteiger partial charge on any atom is -0.507 e. The van der Waals surface area contributed by atoms with Gasteiger partial charge < -0.3 is 15.3 Å². The number of aryl methyl sites for hydroxylation is 1. The van der Waals surface area contributed by atoms with Crippen LogP contribution < -0.4 is 10.7 Å². The van der Waals surface area contributed by atoms with E-state index < -0.39 is 5.91 Å². The molecule has 2 aliphatic rings. The van der Waals surface area contributed by atoms with Crippen LogP contribution in [-0.2, 0) is 9.59 Å². The number of hydrazone groups is 1. The summed E-state index contributed by atoms with van der Waals surface area (Å²) in [5.41, 5.74) is 4.48. The number of halogens is 1. The highest BCUT2D eigenvalue weighted by Gasteiger charge is 2.47. The molecular formula is C24H25BrN4O4. The zero-order chi connectivity index (χ0) is 23.5. The van der Waals surface area contributed by atoms with Crippen LogP contribution in [0.1, 0.15) is 41.6 Å². The molecule has 172 valence electrons. The van der Waals surface area contributed by atoms with Gasteiger partial charge in [-0.3, -0.25) is 14.4 Å². The van der Waals surface area contributed by atoms with Crippen LogP contribution in [0.15, 0.2) is 52.0 Å². The highest BCUT2D eigenvalue weighted by atomic mass is 79.9. The molecule has 0 bridgehead atoms. The van der Waals surface area contributed by atoms with Gasteiger partial charge in [-0.05, 0) is 50.1 Å². The second-order valence-electron chi connectivity index (χ2n) is 8.40. The lowest BCUT2D eigenvalue weighted by molar-refractivity contribution is -0.129. The summed E-state index contributed by atoms with van der Waals surface area (Å²) in [5, 5.41) is 17.0. The van der Waals surface area contributed by atoms with E-state index in [1.54, 1.807) is 11.0 Å². The van der Waals surface area contributed by atoms with Gasteiger partial charge in [0, 0.05) is 22.1 Å². The van der Waals surface area contributed by atoms with Crippen molar-refractivity contribution in [2.45, 2.75) is 38.6 Å². The van der Waals surface area contributed by atoms with Crippen LogP contribution >= 0.6 is 15.9 Å². The topological polar surface area (TPSA) is 111 Å². The number of hydrogen-bond donors (Lipinski definition) is 3. The Morgan fingerprint density at radius 2 is 1.88 bits per heavy atom. The molecule has 3 amide bonds. The average molecular weight is 513 g/mol. The lowest BCUT2D eigenvalue weighted by atomic mass is 9.84. The summed E-state index contributed by atoms with van der Waals surface area (Å²) in [6, 6.07) is 11.8. The molecule has 9 heteroatoms. The predicted octanol–water partition coefficient (Wildman–Crippen LogP) is 3.59. The van der Waals surface area contributed by atoms with Crippen molar-refractivity contribution in [3.05, 3.63) is 58.1 Å². The molecule has 2 unspecified atom stereocenters. The summed E-state index contributed by atoms with van der Waals surface area (Å²) in [6.45, 7) is 1.89. The summed E-state index contributed by atoms with van der Waals surface area (Å²) in [5.74, 6) is -1.56. The molecule has 0 aromatic heterocycles. The maximum Gasteiger partial charge on any atom is 0.275 e. The number of likely N-dealkylation sites (tertiary alicyclic amines) is 1. The Bertz CT molecular complexity index is 1120. The van der Waals surface area contributed by atoms with Gasteiger partial charge >= 0.3 is 0 Å². The fourth-order valence-corrected chi connectivity index (χ4v) is 4.79. The van der Waals surface area contributed by atoms with Crippen LogP contribution in [0.25, 0.3) is 0 Å². The van der Waals surface area contributed by atoms with E-state index in [-0.39, 0.29) is 47.3 Å². The number of phenols is 1. The molecule has 0 radical (unpaired) electrons. The molecule has 1 saturated carbocycles. The normalized spacial score (nSPS) is 21.1. The molecule has 1 aliphatic heterocycles. The molecule has 0 spiro atoms. The smallest absolute Gasteiger partial charge is 0.275 e. The van der Waals surface area contributed by atoms with Crippen LogP contribution in [0.4, 0.5) is 5.69 Å². The first-order valence-corrected chi connectivity index (χ1v) is 11.7. The molecule has 1 heterocycles. The molecule has 4 rings (SSSR count). The van der Waals surface area contributed by atoms with Crippen molar-refractivity contribution in [1.29, 1.82) is 0 Å². The Kier molecular flexibility index (Phi) is 6.78. The SMILES string of the molecule is Cc1ccc(NC(=O)CN2C(=O)/C(=N\NC(=O)c3cc(Br)ccc3O)C3CCCCC32)cc1. The number of fused-ring (bicyclic) bond motifs is 1. The van der Waals surface area contributed by atoms with Crippen LogP contribution in [-0.4, -0.2) is 46.0 Å². The summed E-state index contributed by atoms with van der Waals surface area (Å²) in [7, 11) is 0. The molecule has 33 heavy (non-hydrogen) atoms. The van der Waals surface area contributed by atoms with Gasteiger partial charge in [0.25, 0.3) is 11.8 Å². The number of nitrogens with one attached hydrogen (secondary N) is 2. The first kappa shape index (κ1) is 23.0. The van der Waals surface area contributed by atoms with E-state index in [1.807, 2.05) is 31.2 Å². The molecule has 2 atom stereocenters. The highest BCUT2D eigenvalue weighted by molar-refractivity contribution is 9.10. The monoisotopic (exact) mass is 512 g/mol. The Morgan fingerprint density at radius 3 is 2.64 bits per heavy atom. The fourth-order valence-electron chi connectivity index (χ4n) is 4.43. The maximum atomic E-state index is 13.2. The van der Waals surface area contributed by atoms with Crippen molar-refractivity contribution in [3.63, 3.8) is 0 Å². The molecule has 2 fully saturated rings. The Balaban J connectivity index is 1.49. The van der Waals surface area contributed by atoms with Gasteiger partial charge in [-0.15, -0.1) is 0 Å². The number of carbonyl (C=O) groups is 3. The third-order valence-corrected chi connectivity index (χ3v) is 6.58. The van der Waals surface area contributed by atoms with E-state index in [0.717, 1.165) is 31.2 Å². The number of amides is 3. The molecule has 1 aliphatic carbocycles. The van der Waals surface area contributed by atoms with Crippen molar-refractivity contribution in [2.24, 2.45) is 11.0 Å². The second kappa shape index (κ2) is 9.74. The average Bonchev–Trinajstić information content (AvgIpc) is 3.06. The van der Waals surface area contributed by atoms with Crippen LogP contribution in [0, 0.1) is 12.8 Å². The highest BCUT2D eigenvalue weighted by Crippen LogP contribution is 2.35. The predicted molar refractivity (Wildman–Crippen MR) is 128 cm³/mol. The Labute approximate surface area is 200 Å². The van der Waals surface area contributed by atoms with E-state index in [4.69, 9.17) is 0 Å². The van der Waals surface area contributed by atoms with Gasteiger partial charge in [-0.2, -0.15) is 5.10 Å². The van der Waals surface area contributed by atoms with Gasteiger partial charge in [-0.1, -0.05) is 46.5 Å². The lowest BCUT2D eigenvalue weighted by Crippen LogP contribution is -2.41. The van der Waals surface area contributed by atoms with Crippen molar-refractivity contribution in [3.8, 4) is 5.75 Å². The zero-order valence-corrected chi connectivity index (χ0v) is 19.8. The van der Waals surface area contributed by atoms with Gasteiger partial charge in [0.05, 0.1) is 5.56 Å². The van der Waals surface area contributed by atoms with E-state index in [9.17, 15) is 19.5 Å². The molecule has 1 saturated heterocycles. The van der Waals surface area contributed by atoms with Crippen LogP contribution in [0.5, 0.6) is 5.75 Å². The number of nitrogens with zero attached hydrogens (tertiary/aromatic N) is 2. The summed E-state index contributed by atoms with van der Waals surface area (Å²) in [4.78, 5) is 39.9. The fraction of sp³-hybridized carbons (Fsp3) is 0.333. The van der Waals surface area contributed by atoms with Crippen LogP contribution in [0.3, 0.4) is 0 Å².